The Morgan fingerprint density at radius 3 is 2.26 bits per heavy atom. The molecule has 23 heavy (non-hydrogen) atoms. The summed E-state index contributed by atoms with van der Waals surface area (Å²) in [6.07, 6.45) is -1.32. The number of halogens is 5. The highest BCUT2D eigenvalue weighted by Crippen LogP contribution is 2.20. The molecule has 0 saturated heterocycles. The van der Waals surface area contributed by atoms with Gasteiger partial charge >= 0.3 is 0 Å². The molecule has 0 aliphatic carbocycles. The molecule has 0 fully saturated rings. The van der Waals surface area contributed by atoms with E-state index in [0.29, 0.717) is 12.1 Å². The monoisotopic (exact) mass is 347 g/mol. The van der Waals surface area contributed by atoms with Crippen molar-refractivity contribution in [2.45, 2.75) is 6.10 Å². The normalized spacial score (nSPS) is 12.1. The number of rotatable bonds is 4. The first kappa shape index (κ1) is 17.2. The molecule has 2 N–H and O–H groups in total. The van der Waals surface area contributed by atoms with Crippen molar-refractivity contribution < 1.29 is 27.5 Å². The van der Waals surface area contributed by atoms with Crippen LogP contribution in [0.15, 0.2) is 30.3 Å². The fourth-order valence-electron chi connectivity index (χ4n) is 1.87. The molecule has 0 radical (unpaired) electrons. The van der Waals surface area contributed by atoms with Gasteiger partial charge in [-0.2, -0.15) is 0 Å². The Morgan fingerprint density at radius 2 is 1.70 bits per heavy atom. The molecule has 0 aromatic heterocycles. The molecule has 122 valence electrons. The van der Waals surface area contributed by atoms with Crippen LogP contribution in [0.2, 0.25) is 5.02 Å². The van der Waals surface area contributed by atoms with Crippen LogP contribution in [0.3, 0.4) is 0 Å². The maximum absolute atomic E-state index is 13.4. The Bertz CT molecular complexity index is 731. The minimum absolute atomic E-state index is 0.118. The highest BCUT2D eigenvalue weighted by Gasteiger charge is 2.20. The van der Waals surface area contributed by atoms with Gasteiger partial charge in [-0.1, -0.05) is 17.7 Å². The number of carbonyl (C=O) groups excluding carboxylic acids is 1. The number of hydrogen-bond donors (Lipinski definition) is 2. The Kier molecular flexibility index (Phi) is 5.23. The quantitative estimate of drug-likeness (QED) is 0.833. The van der Waals surface area contributed by atoms with E-state index in [1.54, 1.807) is 0 Å². The molecule has 3 nitrogen and oxygen atoms in total. The number of hydrogen-bond acceptors (Lipinski definition) is 2. The Morgan fingerprint density at radius 1 is 1.09 bits per heavy atom. The van der Waals surface area contributed by atoms with Crippen LogP contribution in [-0.4, -0.2) is 17.6 Å². The van der Waals surface area contributed by atoms with Gasteiger partial charge in [0, 0.05) is 18.7 Å². The van der Waals surface area contributed by atoms with Crippen LogP contribution in [0.4, 0.5) is 17.6 Å². The van der Waals surface area contributed by atoms with E-state index in [1.165, 1.54) is 12.1 Å². The van der Waals surface area contributed by atoms with Gasteiger partial charge < -0.3 is 10.4 Å². The second-order valence-corrected chi connectivity index (χ2v) is 5.05. The van der Waals surface area contributed by atoms with Crippen LogP contribution in [0, 0.1) is 23.3 Å². The van der Waals surface area contributed by atoms with Gasteiger partial charge in [-0.15, -0.1) is 0 Å². The zero-order chi connectivity index (χ0) is 17.1. The van der Waals surface area contributed by atoms with Gasteiger partial charge in [0.1, 0.15) is 28.8 Å². The molecule has 2 rings (SSSR count). The van der Waals surface area contributed by atoms with E-state index in [-0.39, 0.29) is 10.6 Å². The molecule has 2 aromatic carbocycles. The molecule has 0 heterocycles. The standard InChI is InChI=1S/C15H10ClF4NO2/c16-9-2-1-7(3-10(9)18)13(22)6-21-15(23)14-11(19)4-8(17)5-12(14)20/h1-5,13,22H,6H2,(H,21,23). The van der Waals surface area contributed by atoms with Gasteiger partial charge in [-0.05, 0) is 17.7 Å². The summed E-state index contributed by atoms with van der Waals surface area (Å²) in [5.74, 6) is -5.83. The van der Waals surface area contributed by atoms with Crippen LogP contribution in [0.5, 0.6) is 0 Å². The molecule has 2 aromatic rings. The van der Waals surface area contributed by atoms with E-state index < -0.39 is 47.4 Å². The smallest absolute Gasteiger partial charge is 0.257 e. The van der Waals surface area contributed by atoms with Crippen LogP contribution in [0.1, 0.15) is 22.0 Å². The molecule has 8 heteroatoms. The summed E-state index contributed by atoms with van der Waals surface area (Å²) in [6.45, 7) is -0.434. The summed E-state index contributed by atoms with van der Waals surface area (Å²) in [5.41, 5.74) is -0.854. The number of nitrogens with one attached hydrogen (secondary N) is 1. The predicted octanol–water partition coefficient (Wildman–Crippen LogP) is 3.36. The minimum Gasteiger partial charge on any atom is -0.387 e. The van der Waals surface area contributed by atoms with Crippen molar-refractivity contribution in [1.82, 2.24) is 5.32 Å². The molecule has 0 bridgehead atoms. The highest BCUT2D eigenvalue weighted by molar-refractivity contribution is 6.30. The number of carbonyl (C=O) groups is 1. The summed E-state index contributed by atoms with van der Waals surface area (Å²) in [7, 11) is 0. The van der Waals surface area contributed by atoms with Gasteiger partial charge in [0.05, 0.1) is 11.1 Å². The van der Waals surface area contributed by atoms with Gasteiger partial charge in [0.2, 0.25) is 0 Å². The molecular formula is C15H10ClF4NO2. The average molecular weight is 348 g/mol. The first-order chi connectivity index (χ1) is 10.8. The van der Waals surface area contributed by atoms with Crippen molar-refractivity contribution in [3.63, 3.8) is 0 Å². The summed E-state index contributed by atoms with van der Waals surface area (Å²) >= 11 is 5.50. The third-order valence-electron chi connectivity index (χ3n) is 3.02. The third-order valence-corrected chi connectivity index (χ3v) is 3.32. The summed E-state index contributed by atoms with van der Waals surface area (Å²) in [6, 6.07) is 4.25. The number of aliphatic hydroxyl groups excluding tert-OH is 1. The van der Waals surface area contributed by atoms with Crippen molar-refractivity contribution in [1.29, 1.82) is 0 Å². The van der Waals surface area contributed by atoms with Crippen molar-refractivity contribution in [2.75, 3.05) is 6.54 Å². The van der Waals surface area contributed by atoms with Gasteiger partial charge in [-0.3, -0.25) is 4.79 Å². The van der Waals surface area contributed by atoms with Gasteiger partial charge in [0.25, 0.3) is 5.91 Å². The van der Waals surface area contributed by atoms with Crippen molar-refractivity contribution in [3.8, 4) is 0 Å². The van der Waals surface area contributed by atoms with E-state index in [0.717, 1.165) is 6.07 Å². The van der Waals surface area contributed by atoms with Gasteiger partial charge in [0.15, 0.2) is 0 Å². The van der Waals surface area contributed by atoms with Crippen molar-refractivity contribution in [3.05, 3.63) is 69.8 Å². The average Bonchev–Trinajstić information content (AvgIpc) is 2.46. The highest BCUT2D eigenvalue weighted by atomic mass is 35.5. The van der Waals surface area contributed by atoms with Crippen molar-refractivity contribution in [2.24, 2.45) is 0 Å². The van der Waals surface area contributed by atoms with Gasteiger partial charge in [-0.25, -0.2) is 17.6 Å². The summed E-state index contributed by atoms with van der Waals surface area (Å²) < 4.78 is 52.9. The lowest BCUT2D eigenvalue weighted by molar-refractivity contribution is 0.0907. The Hall–Kier alpha value is -2.12. The second kappa shape index (κ2) is 6.97. The lowest BCUT2D eigenvalue weighted by Gasteiger charge is -2.13. The fraction of sp³-hybridized carbons (Fsp3) is 0.133. The van der Waals surface area contributed by atoms with Crippen LogP contribution in [0.25, 0.3) is 0 Å². The number of benzene rings is 2. The maximum atomic E-state index is 13.4. The number of amides is 1. The van der Waals surface area contributed by atoms with Crippen molar-refractivity contribution >= 4 is 17.5 Å². The minimum atomic E-state index is -1.37. The van der Waals surface area contributed by atoms with Crippen LogP contribution >= 0.6 is 11.6 Å². The third kappa shape index (κ3) is 4.00. The van der Waals surface area contributed by atoms with E-state index in [2.05, 4.69) is 5.32 Å². The maximum Gasteiger partial charge on any atom is 0.257 e. The molecular weight excluding hydrogens is 338 g/mol. The Balaban J connectivity index is 2.08. The zero-order valence-corrected chi connectivity index (χ0v) is 12.2. The molecule has 0 spiro atoms. The summed E-state index contributed by atoms with van der Waals surface area (Å²) in [5, 5.41) is 11.8. The molecule has 1 amide bonds. The first-order valence-electron chi connectivity index (χ1n) is 6.35. The molecule has 0 aliphatic heterocycles. The molecule has 1 atom stereocenters. The van der Waals surface area contributed by atoms with E-state index in [4.69, 9.17) is 11.6 Å². The largest absolute Gasteiger partial charge is 0.387 e. The molecule has 0 saturated carbocycles. The number of aliphatic hydroxyl groups is 1. The lowest BCUT2D eigenvalue weighted by Crippen LogP contribution is -2.30. The fourth-order valence-corrected chi connectivity index (χ4v) is 1.99. The molecule has 1 unspecified atom stereocenters. The Labute approximate surface area is 133 Å². The SMILES string of the molecule is O=C(NCC(O)c1ccc(Cl)c(F)c1)c1c(F)cc(F)cc1F. The predicted molar refractivity (Wildman–Crippen MR) is 75.0 cm³/mol. The lowest BCUT2D eigenvalue weighted by atomic mass is 10.1. The van der Waals surface area contributed by atoms with Crippen LogP contribution in [-0.2, 0) is 0 Å². The van der Waals surface area contributed by atoms with E-state index in [9.17, 15) is 27.5 Å². The van der Waals surface area contributed by atoms with E-state index >= 15 is 0 Å². The molecule has 0 aliphatic rings. The van der Waals surface area contributed by atoms with Crippen LogP contribution < -0.4 is 5.32 Å². The van der Waals surface area contributed by atoms with E-state index in [1.807, 2.05) is 0 Å². The summed E-state index contributed by atoms with van der Waals surface area (Å²) in [4.78, 5) is 11.7. The topological polar surface area (TPSA) is 49.3 Å². The second-order valence-electron chi connectivity index (χ2n) is 4.64. The first-order valence-corrected chi connectivity index (χ1v) is 6.73. The zero-order valence-electron chi connectivity index (χ0n) is 11.4.